The van der Waals surface area contributed by atoms with E-state index in [-0.39, 0.29) is 13.2 Å². The summed E-state index contributed by atoms with van der Waals surface area (Å²) in [6.45, 7) is 5.28. The van der Waals surface area contributed by atoms with E-state index >= 15 is 0 Å². The van der Waals surface area contributed by atoms with Crippen molar-refractivity contribution in [1.82, 2.24) is 5.32 Å². The first-order valence-corrected chi connectivity index (χ1v) is 6.83. The predicted molar refractivity (Wildman–Crippen MR) is 74.3 cm³/mol. The van der Waals surface area contributed by atoms with Crippen molar-refractivity contribution in [1.29, 1.82) is 0 Å². The molecule has 0 aliphatic carbocycles. The molecule has 0 unspecified atom stereocenters. The van der Waals surface area contributed by atoms with Gasteiger partial charge in [-0.3, -0.25) is 0 Å². The number of carboxylic acids is 1. The number of fused-ring (bicyclic) bond motifs is 1. The molecule has 2 rings (SSSR count). The van der Waals surface area contributed by atoms with Crippen molar-refractivity contribution in [3.8, 4) is 11.5 Å². The Labute approximate surface area is 128 Å². The number of carbonyl (C=O) groups is 2. The van der Waals surface area contributed by atoms with Gasteiger partial charge in [0, 0.05) is 12.4 Å². The van der Waals surface area contributed by atoms with Crippen molar-refractivity contribution in [2.45, 2.75) is 38.8 Å². The van der Waals surface area contributed by atoms with E-state index in [1.807, 2.05) is 0 Å². The molecule has 0 aromatic heterocycles. The molecule has 1 heterocycles. The lowest BCUT2D eigenvalue weighted by Gasteiger charge is -2.24. The Morgan fingerprint density at radius 3 is 2.64 bits per heavy atom. The van der Waals surface area contributed by atoms with Gasteiger partial charge in [0.05, 0.1) is 6.04 Å². The van der Waals surface area contributed by atoms with Crippen LogP contribution in [0.2, 0.25) is 0 Å². The molecule has 7 heteroatoms. The molecule has 22 heavy (non-hydrogen) atoms. The highest BCUT2D eigenvalue weighted by atomic mass is 16.7. The maximum Gasteiger partial charge on any atom is 0.408 e. The summed E-state index contributed by atoms with van der Waals surface area (Å²) in [6, 6.07) is 4.18. The number of carbonyl (C=O) groups excluding carboxylic acids is 2. The zero-order valence-corrected chi connectivity index (χ0v) is 12.7. The minimum Gasteiger partial charge on any atom is -0.550 e. The van der Waals surface area contributed by atoms with Crippen LogP contribution < -0.4 is 19.9 Å². The summed E-state index contributed by atoms with van der Waals surface area (Å²) >= 11 is 0. The highest BCUT2D eigenvalue weighted by Gasteiger charge is 2.23. The molecule has 0 spiro atoms. The third kappa shape index (κ3) is 4.28. The van der Waals surface area contributed by atoms with E-state index in [1.54, 1.807) is 39.0 Å². The Morgan fingerprint density at radius 1 is 1.32 bits per heavy atom. The third-order valence-corrected chi connectivity index (χ3v) is 2.86. The normalized spacial score (nSPS) is 14.3. The number of amides is 1. The van der Waals surface area contributed by atoms with Crippen molar-refractivity contribution in [2.75, 3.05) is 6.79 Å². The van der Waals surface area contributed by atoms with Crippen LogP contribution in [-0.4, -0.2) is 24.5 Å². The zero-order chi connectivity index (χ0) is 16.3. The summed E-state index contributed by atoms with van der Waals surface area (Å²) in [5.74, 6) is -0.196. The van der Waals surface area contributed by atoms with Crippen molar-refractivity contribution in [3.05, 3.63) is 23.8 Å². The van der Waals surface area contributed by atoms with Crippen LogP contribution >= 0.6 is 0 Å². The average molecular weight is 308 g/mol. The molecule has 1 aromatic rings. The molecule has 1 aliphatic rings. The number of rotatable bonds is 4. The van der Waals surface area contributed by atoms with Crippen LogP contribution in [0.3, 0.4) is 0 Å². The Kier molecular flexibility index (Phi) is 4.44. The van der Waals surface area contributed by atoms with Gasteiger partial charge in [-0.1, -0.05) is 6.07 Å². The lowest BCUT2D eigenvalue weighted by Crippen LogP contribution is -2.37. The fraction of sp³-hybridized carbons (Fsp3) is 0.467. The molecule has 1 aliphatic heterocycles. The van der Waals surface area contributed by atoms with E-state index in [4.69, 9.17) is 14.2 Å². The average Bonchev–Trinajstić information content (AvgIpc) is 2.81. The zero-order valence-electron chi connectivity index (χ0n) is 12.7. The van der Waals surface area contributed by atoms with Gasteiger partial charge in [0.15, 0.2) is 11.5 Å². The largest absolute Gasteiger partial charge is 0.550 e. The predicted octanol–water partition coefficient (Wildman–Crippen LogP) is 1.12. The maximum absolute atomic E-state index is 11.9. The van der Waals surface area contributed by atoms with Crippen LogP contribution in [0.15, 0.2) is 18.2 Å². The van der Waals surface area contributed by atoms with Gasteiger partial charge < -0.3 is 29.4 Å². The summed E-state index contributed by atoms with van der Waals surface area (Å²) in [7, 11) is 0. The lowest BCUT2D eigenvalue weighted by atomic mass is 10.0. The van der Waals surface area contributed by atoms with Crippen LogP contribution in [-0.2, 0) is 9.53 Å². The second kappa shape index (κ2) is 6.13. The molecule has 0 saturated heterocycles. The van der Waals surface area contributed by atoms with E-state index in [9.17, 15) is 14.7 Å². The summed E-state index contributed by atoms with van der Waals surface area (Å²) in [5.41, 5.74) is -0.107. The van der Waals surface area contributed by atoms with Gasteiger partial charge >= 0.3 is 6.09 Å². The monoisotopic (exact) mass is 308 g/mol. The Bertz CT molecular complexity index is 578. The number of carboxylic acid groups (broad SMARTS) is 1. The van der Waals surface area contributed by atoms with Crippen LogP contribution in [0.5, 0.6) is 11.5 Å². The Hall–Kier alpha value is -2.44. The first-order valence-electron chi connectivity index (χ1n) is 6.83. The lowest BCUT2D eigenvalue weighted by molar-refractivity contribution is -0.306. The van der Waals surface area contributed by atoms with Crippen molar-refractivity contribution < 1.29 is 28.9 Å². The number of nitrogens with one attached hydrogen (secondary N) is 1. The van der Waals surface area contributed by atoms with Gasteiger partial charge in [-0.2, -0.15) is 0 Å². The number of hydrogen-bond acceptors (Lipinski definition) is 6. The SMILES string of the molecule is CC(C)(C)OC(=O)N[C@@H](CC(=O)[O-])c1ccc2c(c1)OCO2. The molecule has 1 atom stereocenters. The van der Waals surface area contributed by atoms with Crippen LogP contribution in [0.25, 0.3) is 0 Å². The third-order valence-electron chi connectivity index (χ3n) is 2.86. The minimum absolute atomic E-state index is 0.115. The van der Waals surface area contributed by atoms with E-state index in [1.165, 1.54) is 0 Å². The van der Waals surface area contributed by atoms with Crippen molar-refractivity contribution in [3.63, 3.8) is 0 Å². The fourth-order valence-electron chi connectivity index (χ4n) is 2.00. The van der Waals surface area contributed by atoms with Gasteiger partial charge in [-0.05, 0) is 38.5 Å². The smallest absolute Gasteiger partial charge is 0.408 e. The molecule has 1 N–H and O–H groups in total. The van der Waals surface area contributed by atoms with Gasteiger partial charge in [-0.25, -0.2) is 4.79 Å². The first-order chi connectivity index (χ1) is 10.2. The summed E-state index contributed by atoms with van der Waals surface area (Å²) < 4.78 is 15.6. The summed E-state index contributed by atoms with van der Waals surface area (Å²) in [6.07, 6.45) is -1.07. The number of aliphatic carboxylic acids is 1. The molecule has 0 saturated carbocycles. The van der Waals surface area contributed by atoms with Crippen LogP contribution in [0.1, 0.15) is 38.8 Å². The molecule has 0 bridgehead atoms. The van der Waals surface area contributed by atoms with Gasteiger partial charge in [0.2, 0.25) is 6.79 Å². The topological polar surface area (TPSA) is 96.9 Å². The summed E-state index contributed by atoms with van der Waals surface area (Å²) in [4.78, 5) is 22.8. The molecule has 1 aromatic carbocycles. The molecular formula is C15H18NO6-. The molecular weight excluding hydrogens is 290 g/mol. The van der Waals surface area contributed by atoms with Gasteiger partial charge in [-0.15, -0.1) is 0 Å². The van der Waals surface area contributed by atoms with E-state index in [0.29, 0.717) is 17.1 Å². The minimum atomic E-state index is -1.28. The second-order valence-electron chi connectivity index (χ2n) is 5.89. The number of ether oxygens (including phenoxy) is 3. The van der Waals surface area contributed by atoms with Crippen LogP contribution in [0.4, 0.5) is 4.79 Å². The maximum atomic E-state index is 11.9. The Morgan fingerprint density at radius 2 is 2.00 bits per heavy atom. The Balaban J connectivity index is 2.15. The van der Waals surface area contributed by atoms with Crippen molar-refractivity contribution in [2.24, 2.45) is 0 Å². The van der Waals surface area contributed by atoms with E-state index in [2.05, 4.69) is 5.32 Å². The highest BCUT2D eigenvalue weighted by Crippen LogP contribution is 2.34. The molecule has 7 nitrogen and oxygen atoms in total. The fourth-order valence-corrected chi connectivity index (χ4v) is 2.00. The summed E-state index contributed by atoms with van der Waals surface area (Å²) in [5, 5.41) is 13.5. The highest BCUT2D eigenvalue weighted by molar-refractivity contribution is 5.71. The number of benzene rings is 1. The van der Waals surface area contributed by atoms with Crippen LogP contribution in [0, 0.1) is 0 Å². The van der Waals surface area contributed by atoms with E-state index in [0.717, 1.165) is 0 Å². The quantitative estimate of drug-likeness (QED) is 0.895. The molecule has 0 radical (unpaired) electrons. The molecule has 1 amide bonds. The molecule has 0 fully saturated rings. The van der Waals surface area contributed by atoms with E-state index < -0.39 is 23.7 Å². The first kappa shape index (κ1) is 15.9. The van der Waals surface area contributed by atoms with Crippen molar-refractivity contribution >= 4 is 12.1 Å². The molecule has 120 valence electrons. The van der Waals surface area contributed by atoms with Gasteiger partial charge in [0.25, 0.3) is 0 Å². The van der Waals surface area contributed by atoms with Gasteiger partial charge in [0.1, 0.15) is 5.60 Å². The number of hydrogen-bond donors (Lipinski definition) is 1. The second-order valence-corrected chi connectivity index (χ2v) is 5.89. The number of alkyl carbamates (subject to hydrolysis) is 1. The standard InChI is InChI=1S/C15H19NO6/c1-15(2,3)22-14(19)16-10(7-13(17)18)9-4-5-11-12(6-9)21-8-20-11/h4-6,10H,7-8H2,1-3H3,(H,16,19)(H,17,18)/p-1/t10-/m0/s1.